The lowest BCUT2D eigenvalue weighted by Gasteiger charge is -2.31. The van der Waals surface area contributed by atoms with Gasteiger partial charge < -0.3 is 20.3 Å². The van der Waals surface area contributed by atoms with E-state index in [0.29, 0.717) is 6.42 Å². The lowest BCUT2D eigenvalue weighted by Crippen LogP contribution is -2.52. The van der Waals surface area contributed by atoms with E-state index in [1.54, 1.807) is 6.92 Å². The van der Waals surface area contributed by atoms with E-state index in [9.17, 15) is 14.7 Å². The highest BCUT2D eigenvalue weighted by atomic mass is 16.5. The molecule has 0 fully saturated rings. The summed E-state index contributed by atoms with van der Waals surface area (Å²) in [5, 5.41) is 21.8. The van der Waals surface area contributed by atoms with Crippen LogP contribution < -0.4 is 5.32 Å². The van der Waals surface area contributed by atoms with E-state index in [1.165, 1.54) is 19.9 Å². The molecular weight excluding hydrogens is 262 g/mol. The van der Waals surface area contributed by atoms with Crippen LogP contribution in [0.4, 0.5) is 0 Å². The number of esters is 1. The summed E-state index contributed by atoms with van der Waals surface area (Å²) >= 11 is 0. The van der Waals surface area contributed by atoms with Crippen molar-refractivity contribution in [3.8, 4) is 0 Å². The second-order valence-electron chi connectivity index (χ2n) is 4.99. The standard InChI is InChI=1S/C14H25NO5/c1-5-6-12(19)14(15-10(3)17)13(20-11(4)18)7-9(2)8-16/h5,9,12-14,16,19H,1,6-8H2,2-4H3,(H,15,17)/t9-,12?,13?,14-/m0/s1. The Hall–Kier alpha value is -1.40. The molecule has 0 heterocycles. The van der Waals surface area contributed by atoms with E-state index in [-0.39, 0.29) is 24.9 Å². The van der Waals surface area contributed by atoms with Gasteiger partial charge >= 0.3 is 5.97 Å². The van der Waals surface area contributed by atoms with E-state index in [0.717, 1.165) is 0 Å². The number of hydrogen-bond acceptors (Lipinski definition) is 5. The zero-order valence-corrected chi connectivity index (χ0v) is 12.3. The van der Waals surface area contributed by atoms with Crippen molar-refractivity contribution in [1.82, 2.24) is 5.32 Å². The van der Waals surface area contributed by atoms with Gasteiger partial charge in [-0.15, -0.1) is 6.58 Å². The first-order valence-electron chi connectivity index (χ1n) is 6.65. The van der Waals surface area contributed by atoms with Gasteiger partial charge in [0, 0.05) is 20.5 Å². The first kappa shape index (κ1) is 18.6. The number of ether oxygens (including phenoxy) is 1. The van der Waals surface area contributed by atoms with Crippen molar-refractivity contribution >= 4 is 11.9 Å². The summed E-state index contributed by atoms with van der Waals surface area (Å²) in [5.74, 6) is -0.945. The summed E-state index contributed by atoms with van der Waals surface area (Å²) in [7, 11) is 0. The predicted molar refractivity (Wildman–Crippen MR) is 74.8 cm³/mol. The summed E-state index contributed by atoms with van der Waals surface area (Å²) in [6.07, 6.45) is 0.519. The molecule has 20 heavy (non-hydrogen) atoms. The third kappa shape index (κ3) is 7.25. The van der Waals surface area contributed by atoms with Crippen molar-refractivity contribution in [2.75, 3.05) is 6.61 Å². The Bertz CT molecular complexity index is 332. The van der Waals surface area contributed by atoms with Crippen LogP contribution in [0.3, 0.4) is 0 Å². The lowest BCUT2D eigenvalue weighted by molar-refractivity contribution is -0.152. The third-order valence-electron chi connectivity index (χ3n) is 2.86. The highest BCUT2D eigenvalue weighted by molar-refractivity contribution is 5.73. The molecule has 0 saturated heterocycles. The maximum atomic E-state index is 11.3. The zero-order valence-electron chi connectivity index (χ0n) is 12.3. The SMILES string of the molecule is C=CCC(O)[C@H](NC(C)=O)C(C[C@H](C)CO)OC(C)=O. The molecule has 6 heteroatoms. The van der Waals surface area contributed by atoms with Crippen LogP contribution in [0.1, 0.15) is 33.6 Å². The molecule has 0 rings (SSSR count). The Morgan fingerprint density at radius 2 is 2.00 bits per heavy atom. The summed E-state index contributed by atoms with van der Waals surface area (Å²) in [6, 6.07) is -0.733. The van der Waals surface area contributed by atoms with Crippen LogP contribution in [0.25, 0.3) is 0 Å². The lowest BCUT2D eigenvalue weighted by atomic mass is 9.94. The number of carbonyl (C=O) groups excluding carboxylic acids is 2. The van der Waals surface area contributed by atoms with Gasteiger partial charge in [-0.3, -0.25) is 9.59 Å². The minimum absolute atomic E-state index is 0.0674. The topological polar surface area (TPSA) is 95.9 Å². The summed E-state index contributed by atoms with van der Waals surface area (Å²) in [6.45, 7) is 7.86. The number of carbonyl (C=O) groups is 2. The Kier molecular flexibility index (Phi) is 8.83. The molecule has 0 aliphatic heterocycles. The largest absolute Gasteiger partial charge is 0.460 e. The van der Waals surface area contributed by atoms with Gasteiger partial charge in [-0.05, 0) is 18.8 Å². The van der Waals surface area contributed by atoms with E-state index >= 15 is 0 Å². The predicted octanol–water partition coefficient (Wildman–Crippen LogP) is 0.378. The molecule has 0 bridgehead atoms. The summed E-state index contributed by atoms with van der Waals surface area (Å²) < 4.78 is 5.19. The van der Waals surface area contributed by atoms with Gasteiger partial charge in [-0.1, -0.05) is 13.0 Å². The van der Waals surface area contributed by atoms with Gasteiger partial charge in [0.25, 0.3) is 0 Å². The molecule has 0 aromatic rings. The molecule has 2 unspecified atom stereocenters. The van der Waals surface area contributed by atoms with Gasteiger partial charge in [0.2, 0.25) is 5.91 Å². The number of aliphatic hydroxyl groups is 2. The number of hydrogen-bond donors (Lipinski definition) is 3. The minimum Gasteiger partial charge on any atom is -0.460 e. The fraction of sp³-hybridized carbons (Fsp3) is 0.714. The average molecular weight is 287 g/mol. The average Bonchev–Trinajstić information content (AvgIpc) is 2.34. The minimum atomic E-state index is -0.911. The Morgan fingerprint density at radius 3 is 2.40 bits per heavy atom. The smallest absolute Gasteiger partial charge is 0.302 e. The van der Waals surface area contributed by atoms with Crippen LogP contribution in [0.2, 0.25) is 0 Å². The molecule has 0 aromatic carbocycles. The fourth-order valence-electron chi connectivity index (χ4n) is 1.94. The van der Waals surface area contributed by atoms with Gasteiger partial charge in [-0.25, -0.2) is 0 Å². The van der Waals surface area contributed by atoms with Crippen molar-refractivity contribution < 1.29 is 24.5 Å². The monoisotopic (exact) mass is 287 g/mol. The van der Waals surface area contributed by atoms with Crippen LogP contribution >= 0.6 is 0 Å². The quantitative estimate of drug-likeness (QED) is 0.421. The van der Waals surface area contributed by atoms with Gasteiger partial charge in [0.15, 0.2) is 0 Å². The van der Waals surface area contributed by atoms with Crippen molar-refractivity contribution in [2.24, 2.45) is 5.92 Å². The Balaban J connectivity index is 5.08. The molecule has 1 amide bonds. The highest BCUT2D eigenvalue weighted by Gasteiger charge is 2.32. The van der Waals surface area contributed by atoms with Crippen LogP contribution in [0, 0.1) is 5.92 Å². The van der Waals surface area contributed by atoms with Crippen LogP contribution in [0.5, 0.6) is 0 Å². The van der Waals surface area contributed by atoms with Gasteiger partial charge in [0.1, 0.15) is 6.10 Å². The van der Waals surface area contributed by atoms with Crippen molar-refractivity contribution in [3.05, 3.63) is 12.7 Å². The maximum absolute atomic E-state index is 11.3. The van der Waals surface area contributed by atoms with Gasteiger partial charge in [-0.2, -0.15) is 0 Å². The van der Waals surface area contributed by atoms with E-state index in [1.807, 2.05) is 0 Å². The third-order valence-corrected chi connectivity index (χ3v) is 2.86. The molecular formula is C14H25NO5. The molecule has 0 spiro atoms. The van der Waals surface area contributed by atoms with Crippen LogP contribution in [-0.2, 0) is 14.3 Å². The second-order valence-corrected chi connectivity index (χ2v) is 4.99. The first-order chi connectivity index (χ1) is 9.31. The molecule has 3 N–H and O–H groups in total. The number of rotatable bonds is 9. The summed E-state index contributed by atoms with van der Waals surface area (Å²) in [4.78, 5) is 22.5. The van der Waals surface area contributed by atoms with Crippen LogP contribution in [0.15, 0.2) is 12.7 Å². The van der Waals surface area contributed by atoms with E-state index < -0.39 is 24.2 Å². The number of amides is 1. The molecule has 116 valence electrons. The van der Waals surface area contributed by atoms with E-state index in [4.69, 9.17) is 9.84 Å². The Labute approximate surface area is 119 Å². The number of aliphatic hydroxyl groups excluding tert-OH is 2. The summed E-state index contributed by atoms with van der Waals surface area (Å²) in [5.41, 5.74) is 0. The van der Waals surface area contributed by atoms with E-state index in [2.05, 4.69) is 11.9 Å². The van der Waals surface area contributed by atoms with Crippen molar-refractivity contribution in [1.29, 1.82) is 0 Å². The van der Waals surface area contributed by atoms with Crippen molar-refractivity contribution in [3.63, 3.8) is 0 Å². The second kappa shape index (κ2) is 9.50. The fourth-order valence-corrected chi connectivity index (χ4v) is 1.94. The zero-order chi connectivity index (χ0) is 15.7. The van der Waals surface area contributed by atoms with Crippen LogP contribution in [-0.4, -0.2) is 46.9 Å². The normalized spacial score (nSPS) is 16.6. The molecule has 6 nitrogen and oxygen atoms in total. The molecule has 0 aliphatic rings. The molecule has 0 radical (unpaired) electrons. The first-order valence-corrected chi connectivity index (χ1v) is 6.65. The molecule has 4 atom stereocenters. The Morgan fingerprint density at radius 1 is 1.40 bits per heavy atom. The molecule has 0 saturated carbocycles. The molecule has 0 aliphatic carbocycles. The highest BCUT2D eigenvalue weighted by Crippen LogP contribution is 2.17. The maximum Gasteiger partial charge on any atom is 0.302 e. The van der Waals surface area contributed by atoms with Crippen molar-refractivity contribution in [2.45, 2.75) is 51.9 Å². The molecule has 0 aromatic heterocycles. The van der Waals surface area contributed by atoms with Gasteiger partial charge in [0.05, 0.1) is 12.1 Å². The number of nitrogens with one attached hydrogen (secondary N) is 1.